The average molecular weight is 465 g/mol. The molecule has 0 fully saturated rings. The van der Waals surface area contributed by atoms with Crippen LogP contribution in [0.4, 0.5) is 5.69 Å². The second-order valence-corrected chi connectivity index (χ2v) is 11.2. The van der Waals surface area contributed by atoms with E-state index in [1.54, 1.807) is 23.5 Å². The molecule has 0 spiro atoms. The maximum atomic E-state index is 12.8. The SMILES string of the molecule is CCc1cc2c(SC(CC)C(=O)Nc3ccc(S(=O)(=O)N(C)C)cc3)ncnc2s1. The van der Waals surface area contributed by atoms with Crippen molar-refractivity contribution in [3.63, 3.8) is 0 Å². The van der Waals surface area contributed by atoms with Crippen LogP contribution in [0.3, 0.4) is 0 Å². The number of aromatic nitrogens is 2. The highest BCUT2D eigenvalue weighted by Crippen LogP contribution is 2.34. The first-order valence-corrected chi connectivity index (χ1v) is 12.6. The quantitative estimate of drug-likeness (QED) is 0.400. The summed E-state index contributed by atoms with van der Waals surface area (Å²) in [6.45, 7) is 4.05. The van der Waals surface area contributed by atoms with E-state index in [4.69, 9.17) is 0 Å². The fourth-order valence-corrected chi connectivity index (χ4v) is 5.65. The summed E-state index contributed by atoms with van der Waals surface area (Å²) >= 11 is 3.07. The molecule has 3 aromatic rings. The van der Waals surface area contributed by atoms with Crippen molar-refractivity contribution in [3.8, 4) is 0 Å². The Kier molecular flexibility index (Phi) is 7.12. The highest BCUT2D eigenvalue weighted by Gasteiger charge is 2.22. The third-order valence-corrected chi connectivity index (χ3v) is 8.91. The number of hydrogen-bond acceptors (Lipinski definition) is 7. The summed E-state index contributed by atoms with van der Waals surface area (Å²) in [4.78, 5) is 23.9. The van der Waals surface area contributed by atoms with Gasteiger partial charge >= 0.3 is 0 Å². The first kappa shape index (κ1) is 22.7. The summed E-state index contributed by atoms with van der Waals surface area (Å²) in [5.74, 6) is -0.150. The van der Waals surface area contributed by atoms with Crippen LogP contribution in [0.1, 0.15) is 25.1 Å². The lowest BCUT2D eigenvalue weighted by molar-refractivity contribution is -0.115. The number of thiophene rings is 1. The second-order valence-electron chi connectivity index (χ2n) is 6.78. The summed E-state index contributed by atoms with van der Waals surface area (Å²) in [5.41, 5.74) is 0.549. The van der Waals surface area contributed by atoms with E-state index in [0.29, 0.717) is 12.1 Å². The molecule has 0 aliphatic rings. The number of nitrogens with one attached hydrogen (secondary N) is 1. The third kappa shape index (κ3) is 4.83. The maximum absolute atomic E-state index is 12.8. The van der Waals surface area contributed by atoms with Gasteiger partial charge in [0.1, 0.15) is 16.2 Å². The summed E-state index contributed by atoms with van der Waals surface area (Å²) in [6, 6.07) is 8.27. The molecule has 3 rings (SSSR count). The molecule has 0 aliphatic heterocycles. The van der Waals surface area contributed by atoms with Crippen molar-refractivity contribution in [3.05, 3.63) is 41.5 Å². The van der Waals surface area contributed by atoms with Gasteiger partial charge in [-0.3, -0.25) is 4.79 Å². The van der Waals surface area contributed by atoms with Crippen molar-refractivity contribution in [2.24, 2.45) is 0 Å². The first-order valence-electron chi connectivity index (χ1n) is 9.49. The van der Waals surface area contributed by atoms with E-state index in [1.165, 1.54) is 49.2 Å². The number of nitrogens with zero attached hydrogens (tertiary/aromatic N) is 3. The fraction of sp³-hybridized carbons (Fsp3) is 0.350. The second kappa shape index (κ2) is 9.42. The number of carbonyl (C=O) groups is 1. The number of thioether (sulfide) groups is 1. The zero-order valence-corrected chi connectivity index (χ0v) is 19.7. The summed E-state index contributed by atoms with van der Waals surface area (Å²) < 4.78 is 25.5. The minimum absolute atomic E-state index is 0.150. The van der Waals surface area contributed by atoms with Gasteiger partial charge in [-0.15, -0.1) is 11.3 Å². The number of carbonyl (C=O) groups excluding carboxylic acids is 1. The number of anilines is 1. The molecule has 1 N–H and O–H groups in total. The van der Waals surface area contributed by atoms with Gasteiger partial charge in [0.25, 0.3) is 0 Å². The van der Waals surface area contributed by atoms with Gasteiger partial charge in [0.2, 0.25) is 15.9 Å². The Morgan fingerprint density at radius 3 is 2.50 bits per heavy atom. The number of rotatable bonds is 8. The van der Waals surface area contributed by atoms with Crippen LogP contribution in [-0.4, -0.2) is 47.9 Å². The van der Waals surface area contributed by atoms with Gasteiger partial charge in [-0.2, -0.15) is 0 Å². The lowest BCUT2D eigenvalue weighted by Gasteiger charge is -2.15. The Hall–Kier alpha value is -2.01. The maximum Gasteiger partial charge on any atom is 0.242 e. The molecule has 0 aliphatic carbocycles. The van der Waals surface area contributed by atoms with Crippen LogP contribution >= 0.6 is 23.1 Å². The number of aryl methyl sites for hydroxylation is 1. The van der Waals surface area contributed by atoms with Gasteiger partial charge in [-0.1, -0.05) is 25.6 Å². The predicted molar refractivity (Wildman–Crippen MR) is 123 cm³/mol. The molecule has 30 heavy (non-hydrogen) atoms. The van der Waals surface area contributed by atoms with Gasteiger partial charge in [0.05, 0.1) is 10.1 Å². The molecule has 2 aromatic heterocycles. The van der Waals surface area contributed by atoms with Crippen molar-refractivity contribution < 1.29 is 13.2 Å². The van der Waals surface area contributed by atoms with Crippen molar-refractivity contribution in [2.45, 2.75) is 41.9 Å². The normalized spacial score (nSPS) is 13.0. The van der Waals surface area contributed by atoms with Crippen LogP contribution in [0, 0.1) is 0 Å². The van der Waals surface area contributed by atoms with E-state index >= 15 is 0 Å². The van der Waals surface area contributed by atoms with Crippen molar-refractivity contribution >= 4 is 54.9 Å². The van der Waals surface area contributed by atoms with E-state index in [1.807, 2.05) is 6.92 Å². The summed E-state index contributed by atoms with van der Waals surface area (Å²) in [7, 11) is -0.539. The van der Waals surface area contributed by atoms with Gasteiger partial charge < -0.3 is 5.32 Å². The van der Waals surface area contributed by atoms with E-state index in [0.717, 1.165) is 26.0 Å². The van der Waals surface area contributed by atoms with Crippen LogP contribution < -0.4 is 5.32 Å². The molecular weight excluding hydrogens is 440 g/mol. The molecule has 1 atom stereocenters. The number of hydrogen-bond donors (Lipinski definition) is 1. The molecule has 1 aromatic carbocycles. The Balaban J connectivity index is 1.75. The molecule has 0 saturated carbocycles. The van der Waals surface area contributed by atoms with E-state index < -0.39 is 10.0 Å². The Morgan fingerprint density at radius 2 is 1.90 bits per heavy atom. The molecule has 0 bridgehead atoms. The van der Waals surface area contributed by atoms with Crippen molar-refractivity contribution in [2.75, 3.05) is 19.4 Å². The van der Waals surface area contributed by atoms with Crippen LogP contribution in [0.15, 0.2) is 46.6 Å². The Morgan fingerprint density at radius 1 is 1.20 bits per heavy atom. The summed E-state index contributed by atoms with van der Waals surface area (Å²) in [6.07, 6.45) is 3.09. The Bertz CT molecular complexity index is 1140. The third-order valence-electron chi connectivity index (χ3n) is 4.51. The number of amides is 1. The predicted octanol–water partition coefficient (Wildman–Crippen LogP) is 4.01. The van der Waals surface area contributed by atoms with Crippen LogP contribution in [0.2, 0.25) is 0 Å². The average Bonchev–Trinajstić information content (AvgIpc) is 3.16. The molecule has 0 radical (unpaired) electrons. The first-order chi connectivity index (χ1) is 14.3. The molecule has 7 nitrogen and oxygen atoms in total. The molecule has 10 heteroatoms. The van der Waals surface area contributed by atoms with Gasteiger partial charge in [-0.05, 0) is 43.2 Å². The zero-order valence-electron chi connectivity index (χ0n) is 17.2. The molecule has 1 unspecified atom stereocenters. The number of fused-ring (bicyclic) bond motifs is 1. The smallest absolute Gasteiger partial charge is 0.242 e. The lowest BCUT2D eigenvalue weighted by Crippen LogP contribution is -2.25. The van der Waals surface area contributed by atoms with Gasteiger partial charge in [0.15, 0.2) is 0 Å². The molecular formula is C20H24N4O3S3. The lowest BCUT2D eigenvalue weighted by atomic mass is 10.3. The van der Waals surface area contributed by atoms with Crippen LogP contribution in [0.25, 0.3) is 10.2 Å². The van der Waals surface area contributed by atoms with Crippen LogP contribution in [-0.2, 0) is 21.2 Å². The summed E-state index contributed by atoms with van der Waals surface area (Å²) in [5, 5.41) is 4.32. The van der Waals surface area contributed by atoms with E-state index in [2.05, 4.69) is 28.3 Å². The highest BCUT2D eigenvalue weighted by atomic mass is 32.2. The number of sulfonamides is 1. The highest BCUT2D eigenvalue weighted by molar-refractivity contribution is 8.00. The monoisotopic (exact) mass is 464 g/mol. The standard InChI is InChI=1S/C20H24N4O3S3/c1-5-14-11-16-19(28-14)21-12-22-20(16)29-17(6-2)18(25)23-13-7-9-15(10-8-13)30(26,27)24(3)4/h7-12,17H,5-6H2,1-4H3,(H,23,25). The Labute approximate surface area is 185 Å². The van der Waals surface area contributed by atoms with Crippen LogP contribution in [0.5, 0.6) is 0 Å². The topological polar surface area (TPSA) is 92.3 Å². The van der Waals surface area contributed by atoms with E-state index in [9.17, 15) is 13.2 Å². The van der Waals surface area contributed by atoms with Crippen molar-refractivity contribution in [1.82, 2.24) is 14.3 Å². The van der Waals surface area contributed by atoms with E-state index in [-0.39, 0.29) is 16.1 Å². The molecule has 0 saturated heterocycles. The zero-order chi connectivity index (χ0) is 21.9. The van der Waals surface area contributed by atoms with Crippen molar-refractivity contribution in [1.29, 1.82) is 0 Å². The molecule has 2 heterocycles. The van der Waals surface area contributed by atoms with Gasteiger partial charge in [0, 0.05) is 30.0 Å². The minimum atomic E-state index is -3.50. The minimum Gasteiger partial charge on any atom is -0.325 e. The fourth-order valence-electron chi connectivity index (χ4n) is 2.75. The van der Waals surface area contributed by atoms with Gasteiger partial charge in [-0.25, -0.2) is 22.7 Å². The number of benzene rings is 1. The molecule has 1 amide bonds. The molecule has 160 valence electrons. The largest absolute Gasteiger partial charge is 0.325 e.